The normalized spacial score (nSPS) is 12.6. The average Bonchev–Trinajstić information content (AvgIpc) is 1.99. The van der Waals surface area contributed by atoms with E-state index in [2.05, 4.69) is 0 Å². The van der Waals surface area contributed by atoms with Crippen LogP contribution < -0.4 is 10.5 Å². The van der Waals surface area contributed by atoms with Crippen molar-refractivity contribution in [3.63, 3.8) is 0 Å². The Kier molecular flexibility index (Phi) is 3.19. The van der Waals surface area contributed by atoms with Crippen LogP contribution in [0.5, 0.6) is 5.75 Å². The van der Waals surface area contributed by atoms with Gasteiger partial charge >= 0.3 is 0 Å². The molecule has 0 heterocycles. The second kappa shape index (κ2) is 4.18. The van der Waals surface area contributed by atoms with E-state index in [0.717, 1.165) is 18.2 Å². The molecule has 0 aliphatic rings. The van der Waals surface area contributed by atoms with E-state index in [0.29, 0.717) is 0 Å². The van der Waals surface area contributed by atoms with Crippen LogP contribution in [0.4, 0.5) is 8.78 Å². The topological polar surface area (TPSA) is 35.2 Å². The number of nitrogens with two attached hydrogens (primary N) is 1. The predicted molar refractivity (Wildman–Crippen MR) is 45.5 cm³/mol. The maximum Gasteiger partial charge on any atom is 0.129 e. The third kappa shape index (κ3) is 3.38. The monoisotopic (exact) mass is 187 g/mol. The van der Waals surface area contributed by atoms with E-state index in [4.69, 9.17) is 10.5 Å². The molecule has 0 aliphatic heterocycles. The second-order valence-electron chi connectivity index (χ2n) is 2.89. The van der Waals surface area contributed by atoms with Gasteiger partial charge in [0.1, 0.15) is 24.0 Å². The summed E-state index contributed by atoms with van der Waals surface area (Å²) in [5.74, 6) is -1.14. The molecular weight excluding hydrogens is 176 g/mol. The first kappa shape index (κ1) is 9.92. The zero-order valence-electron chi connectivity index (χ0n) is 7.26. The van der Waals surface area contributed by atoms with E-state index in [1.807, 2.05) is 0 Å². The van der Waals surface area contributed by atoms with E-state index >= 15 is 0 Å². The molecule has 0 radical (unpaired) electrons. The minimum atomic E-state index is -0.653. The van der Waals surface area contributed by atoms with Crippen molar-refractivity contribution in [3.05, 3.63) is 29.8 Å². The molecule has 0 bridgehead atoms. The van der Waals surface area contributed by atoms with Crippen molar-refractivity contribution in [3.8, 4) is 5.75 Å². The number of halogens is 2. The van der Waals surface area contributed by atoms with Gasteiger partial charge in [0.25, 0.3) is 0 Å². The smallest absolute Gasteiger partial charge is 0.129 e. The zero-order chi connectivity index (χ0) is 9.84. The summed E-state index contributed by atoms with van der Waals surface area (Å²) in [4.78, 5) is 0. The highest BCUT2D eigenvalue weighted by molar-refractivity contribution is 5.23. The first-order chi connectivity index (χ1) is 6.08. The van der Waals surface area contributed by atoms with E-state index in [1.165, 1.54) is 0 Å². The summed E-state index contributed by atoms with van der Waals surface area (Å²) in [7, 11) is 0. The first-order valence-electron chi connectivity index (χ1n) is 3.92. The summed E-state index contributed by atoms with van der Waals surface area (Å²) in [5, 5.41) is 0. The molecule has 0 spiro atoms. The molecule has 0 fully saturated rings. The molecule has 1 atom stereocenters. The number of ether oxygens (including phenoxy) is 1. The van der Waals surface area contributed by atoms with Crippen molar-refractivity contribution in [1.29, 1.82) is 0 Å². The van der Waals surface area contributed by atoms with E-state index in [1.54, 1.807) is 6.92 Å². The fraction of sp³-hybridized carbons (Fsp3) is 0.333. The largest absolute Gasteiger partial charge is 0.492 e. The zero-order valence-corrected chi connectivity index (χ0v) is 7.26. The Labute approximate surface area is 75.3 Å². The SMILES string of the molecule is C[C@H](N)COc1cc(F)cc(F)c1. The summed E-state index contributed by atoms with van der Waals surface area (Å²) in [6.45, 7) is 1.98. The van der Waals surface area contributed by atoms with E-state index in [-0.39, 0.29) is 18.4 Å². The molecule has 72 valence electrons. The fourth-order valence-electron chi connectivity index (χ4n) is 0.840. The number of hydrogen-bond donors (Lipinski definition) is 1. The lowest BCUT2D eigenvalue weighted by atomic mass is 10.3. The maximum absolute atomic E-state index is 12.6. The Morgan fingerprint density at radius 3 is 2.31 bits per heavy atom. The Balaban J connectivity index is 2.66. The van der Waals surface area contributed by atoms with Crippen LogP contribution in [0.25, 0.3) is 0 Å². The molecule has 2 nitrogen and oxygen atoms in total. The third-order valence-electron chi connectivity index (χ3n) is 1.35. The van der Waals surface area contributed by atoms with Crippen LogP contribution in [-0.4, -0.2) is 12.6 Å². The van der Waals surface area contributed by atoms with Gasteiger partial charge in [0.2, 0.25) is 0 Å². The molecule has 1 rings (SSSR count). The van der Waals surface area contributed by atoms with Crippen molar-refractivity contribution in [2.24, 2.45) is 5.73 Å². The molecule has 4 heteroatoms. The van der Waals surface area contributed by atoms with Crippen LogP contribution in [-0.2, 0) is 0 Å². The highest BCUT2D eigenvalue weighted by Gasteiger charge is 2.02. The number of benzene rings is 1. The van der Waals surface area contributed by atoms with Crippen LogP contribution in [0.3, 0.4) is 0 Å². The number of rotatable bonds is 3. The minimum Gasteiger partial charge on any atom is -0.492 e. The minimum absolute atomic E-state index is 0.161. The molecule has 1 aromatic carbocycles. The van der Waals surface area contributed by atoms with Crippen molar-refractivity contribution in [2.45, 2.75) is 13.0 Å². The summed E-state index contributed by atoms with van der Waals surface area (Å²) in [5.41, 5.74) is 5.40. The maximum atomic E-state index is 12.6. The molecule has 2 N–H and O–H groups in total. The molecule has 0 aliphatic carbocycles. The first-order valence-corrected chi connectivity index (χ1v) is 3.92. The summed E-state index contributed by atoms with van der Waals surface area (Å²) in [6, 6.07) is 2.86. The summed E-state index contributed by atoms with van der Waals surface area (Å²) in [6.07, 6.45) is 0. The van der Waals surface area contributed by atoms with Crippen molar-refractivity contribution < 1.29 is 13.5 Å². The molecule has 13 heavy (non-hydrogen) atoms. The molecule has 1 aromatic rings. The van der Waals surface area contributed by atoms with Gasteiger partial charge in [-0.2, -0.15) is 0 Å². The van der Waals surface area contributed by atoms with Gasteiger partial charge in [-0.1, -0.05) is 0 Å². The van der Waals surface area contributed by atoms with Gasteiger partial charge in [-0.3, -0.25) is 0 Å². The highest BCUT2D eigenvalue weighted by Crippen LogP contribution is 2.15. The summed E-state index contributed by atoms with van der Waals surface area (Å²) < 4.78 is 30.2. The molecule has 0 amide bonds. The average molecular weight is 187 g/mol. The van der Waals surface area contributed by atoms with Crippen LogP contribution in [0, 0.1) is 11.6 Å². The van der Waals surface area contributed by atoms with E-state index < -0.39 is 11.6 Å². The van der Waals surface area contributed by atoms with Crippen molar-refractivity contribution >= 4 is 0 Å². The van der Waals surface area contributed by atoms with Gasteiger partial charge in [0.05, 0.1) is 0 Å². The Bertz CT molecular complexity index is 269. The van der Waals surface area contributed by atoms with Crippen LogP contribution in [0.2, 0.25) is 0 Å². The van der Waals surface area contributed by atoms with Crippen molar-refractivity contribution in [2.75, 3.05) is 6.61 Å². The third-order valence-corrected chi connectivity index (χ3v) is 1.35. The lowest BCUT2D eigenvalue weighted by molar-refractivity contribution is 0.293. The summed E-state index contributed by atoms with van der Waals surface area (Å²) >= 11 is 0. The lowest BCUT2D eigenvalue weighted by Gasteiger charge is -2.08. The van der Waals surface area contributed by atoms with Gasteiger partial charge in [0.15, 0.2) is 0 Å². The standard InChI is InChI=1S/C9H11F2NO/c1-6(12)5-13-9-3-7(10)2-8(11)4-9/h2-4,6H,5,12H2,1H3/t6-/m0/s1. The van der Waals surface area contributed by atoms with Crippen molar-refractivity contribution in [1.82, 2.24) is 0 Å². The van der Waals surface area contributed by atoms with Gasteiger partial charge in [0, 0.05) is 24.2 Å². The molecule has 0 saturated heterocycles. The number of hydrogen-bond acceptors (Lipinski definition) is 2. The second-order valence-corrected chi connectivity index (χ2v) is 2.89. The van der Waals surface area contributed by atoms with Gasteiger partial charge in [-0.25, -0.2) is 8.78 Å². The van der Waals surface area contributed by atoms with E-state index in [9.17, 15) is 8.78 Å². The fourth-order valence-corrected chi connectivity index (χ4v) is 0.840. The Morgan fingerprint density at radius 1 is 1.31 bits per heavy atom. The van der Waals surface area contributed by atoms with Gasteiger partial charge in [-0.05, 0) is 6.92 Å². The Morgan fingerprint density at radius 2 is 1.85 bits per heavy atom. The predicted octanol–water partition coefficient (Wildman–Crippen LogP) is 1.69. The van der Waals surface area contributed by atoms with Crippen LogP contribution >= 0.6 is 0 Å². The van der Waals surface area contributed by atoms with Gasteiger partial charge < -0.3 is 10.5 Å². The lowest BCUT2D eigenvalue weighted by Crippen LogP contribution is -2.23. The highest BCUT2D eigenvalue weighted by atomic mass is 19.1. The molecular formula is C9H11F2NO. The van der Waals surface area contributed by atoms with Crippen LogP contribution in [0.1, 0.15) is 6.92 Å². The molecule has 0 aromatic heterocycles. The quantitative estimate of drug-likeness (QED) is 0.781. The van der Waals surface area contributed by atoms with Crippen LogP contribution in [0.15, 0.2) is 18.2 Å². The van der Waals surface area contributed by atoms with Gasteiger partial charge in [-0.15, -0.1) is 0 Å². The molecule has 0 saturated carbocycles. The molecule has 0 unspecified atom stereocenters. The Hall–Kier alpha value is -1.16.